The molecular weight excluding hydrogens is 334 g/mol. The van der Waals surface area contributed by atoms with E-state index in [-0.39, 0.29) is 5.91 Å². The Morgan fingerprint density at radius 3 is 2.31 bits per heavy atom. The third-order valence-electron chi connectivity index (χ3n) is 4.31. The summed E-state index contributed by atoms with van der Waals surface area (Å²) in [7, 11) is 4.83. The molecule has 0 aliphatic carbocycles. The Balaban J connectivity index is 1.86. The molecule has 7 heteroatoms. The molecule has 7 nitrogen and oxygen atoms in total. The summed E-state index contributed by atoms with van der Waals surface area (Å²) in [6.07, 6.45) is 7.26. The van der Waals surface area contributed by atoms with Crippen LogP contribution in [0.3, 0.4) is 0 Å². The number of carbonyl (C=O) groups excluding carboxylic acids is 1. The SMILES string of the molecule is COc1cc(OC)c(C2=CCN(C(=O)c3cnccn3)CC2)c(OC)c1. The fourth-order valence-electron chi connectivity index (χ4n) is 2.97. The van der Waals surface area contributed by atoms with E-state index in [0.717, 1.165) is 11.1 Å². The summed E-state index contributed by atoms with van der Waals surface area (Å²) in [5.41, 5.74) is 2.32. The van der Waals surface area contributed by atoms with Crippen LogP contribution < -0.4 is 14.2 Å². The third kappa shape index (κ3) is 3.46. The van der Waals surface area contributed by atoms with Crippen LogP contribution in [-0.2, 0) is 0 Å². The Hall–Kier alpha value is -3.09. The average Bonchev–Trinajstić information content (AvgIpc) is 2.72. The predicted molar refractivity (Wildman–Crippen MR) is 96.6 cm³/mol. The molecule has 1 aliphatic heterocycles. The number of aromatic nitrogens is 2. The van der Waals surface area contributed by atoms with Crippen LogP contribution in [-0.4, -0.2) is 55.2 Å². The second-order valence-electron chi connectivity index (χ2n) is 5.73. The molecule has 2 aromatic rings. The van der Waals surface area contributed by atoms with E-state index in [0.29, 0.717) is 42.5 Å². The minimum atomic E-state index is -0.123. The fourth-order valence-corrected chi connectivity index (χ4v) is 2.97. The molecule has 136 valence electrons. The van der Waals surface area contributed by atoms with Crippen molar-refractivity contribution in [2.24, 2.45) is 0 Å². The number of amides is 1. The highest BCUT2D eigenvalue weighted by molar-refractivity contribution is 5.92. The van der Waals surface area contributed by atoms with Crippen molar-refractivity contribution in [2.45, 2.75) is 6.42 Å². The van der Waals surface area contributed by atoms with Crippen LogP contribution in [0.15, 0.2) is 36.8 Å². The highest BCUT2D eigenvalue weighted by Crippen LogP contribution is 2.40. The van der Waals surface area contributed by atoms with E-state index in [1.165, 1.54) is 12.4 Å². The highest BCUT2D eigenvalue weighted by Gasteiger charge is 2.24. The lowest BCUT2D eigenvalue weighted by molar-refractivity contribution is 0.0766. The molecule has 0 unspecified atom stereocenters. The van der Waals surface area contributed by atoms with E-state index in [2.05, 4.69) is 9.97 Å². The Labute approximate surface area is 152 Å². The summed E-state index contributed by atoms with van der Waals surface area (Å²) in [5.74, 6) is 1.91. The second kappa shape index (κ2) is 7.86. The highest BCUT2D eigenvalue weighted by atomic mass is 16.5. The Kier molecular flexibility index (Phi) is 5.36. The van der Waals surface area contributed by atoms with E-state index in [4.69, 9.17) is 14.2 Å². The minimum Gasteiger partial charge on any atom is -0.496 e. The summed E-state index contributed by atoms with van der Waals surface area (Å²) in [6, 6.07) is 3.66. The van der Waals surface area contributed by atoms with Crippen LogP contribution in [0.5, 0.6) is 17.2 Å². The Morgan fingerprint density at radius 2 is 1.81 bits per heavy atom. The van der Waals surface area contributed by atoms with Gasteiger partial charge in [0.15, 0.2) is 0 Å². The number of hydrogen-bond donors (Lipinski definition) is 0. The average molecular weight is 355 g/mol. The summed E-state index contributed by atoms with van der Waals surface area (Å²) >= 11 is 0. The Bertz CT molecular complexity index is 796. The first kappa shape index (κ1) is 17.7. The molecule has 26 heavy (non-hydrogen) atoms. The molecule has 1 aromatic carbocycles. The zero-order chi connectivity index (χ0) is 18.5. The molecule has 3 rings (SSSR count). The molecule has 1 aliphatic rings. The van der Waals surface area contributed by atoms with Crippen LogP contribution in [0.25, 0.3) is 5.57 Å². The minimum absolute atomic E-state index is 0.123. The molecule has 0 spiro atoms. The maximum atomic E-state index is 12.5. The standard InChI is InChI=1S/C19H21N3O4/c1-24-14-10-16(25-2)18(17(11-14)26-3)13-4-8-22(9-5-13)19(23)15-12-20-6-7-21-15/h4,6-7,10-12H,5,8-9H2,1-3H3. The molecule has 0 bridgehead atoms. The number of carbonyl (C=O) groups is 1. The van der Waals surface area contributed by atoms with Crippen molar-refractivity contribution in [3.8, 4) is 17.2 Å². The van der Waals surface area contributed by atoms with Gasteiger partial charge >= 0.3 is 0 Å². The topological polar surface area (TPSA) is 73.8 Å². The maximum absolute atomic E-state index is 12.5. The van der Waals surface area contributed by atoms with Gasteiger partial charge in [0.2, 0.25) is 0 Å². The molecular formula is C19H21N3O4. The predicted octanol–water partition coefficient (Wildman–Crippen LogP) is 2.43. The van der Waals surface area contributed by atoms with Crippen molar-refractivity contribution >= 4 is 11.5 Å². The largest absolute Gasteiger partial charge is 0.496 e. The van der Waals surface area contributed by atoms with E-state index in [1.54, 1.807) is 32.4 Å². The monoisotopic (exact) mass is 355 g/mol. The maximum Gasteiger partial charge on any atom is 0.274 e. The van der Waals surface area contributed by atoms with Crippen molar-refractivity contribution in [2.75, 3.05) is 34.4 Å². The molecule has 0 fully saturated rings. The number of rotatable bonds is 5. The summed E-state index contributed by atoms with van der Waals surface area (Å²) in [4.78, 5) is 22.3. The normalized spacial score (nSPS) is 13.8. The zero-order valence-corrected chi connectivity index (χ0v) is 15.1. The quantitative estimate of drug-likeness (QED) is 0.820. The third-order valence-corrected chi connectivity index (χ3v) is 4.31. The van der Waals surface area contributed by atoms with Gasteiger partial charge in [0, 0.05) is 37.6 Å². The van der Waals surface area contributed by atoms with E-state index < -0.39 is 0 Å². The first-order chi connectivity index (χ1) is 12.7. The van der Waals surface area contributed by atoms with Crippen LogP contribution in [0.1, 0.15) is 22.5 Å². The van der Waals surface area contributed by atoms with Crippen molar-refractivity contribution < 1.29 is 19.0 Å². The first-order valence-electron chi connectivity index (χ1n) is 8.22. The lowest BCUT2D eigenvalue weighted by atomic mass is 9.97. The van der Waals surface area contributed by atoms with Gasteiger partial charge in [-0.2, -0.15) is 0 Å². The lowest BCUT2D eigenvalue weighted by Gasteiger charge is -2.27. The first-order valence-corrected chi connectivity index (χ1v) is 8.22. The van der Waals surface area contributed by atoms with Crippen molar-refractivity contribution in [1.29, 1.82) is 0 Å². The lowest BCUT2D eigenvalue weighted by Crippen LogP contribution is -2.35. The molecule has 1 aromatic heterocycles. The fraction of sp³-hybridized carbons (Fsp3) is 0.316. The van der Waals surface area contributed by atoms with Gasteiger partial charge in [-0.15, -0.1) is 0 Å². The van der Waals surface area contributed by atoms with Crippen LogP contribution >= 0.6 is 0 Å². The molecule has 0 N–H and O–H groups in total. The van der Waals surface area contributed by atoms with Gasteiger partial charge in [-0.25, -0.2) is 4.98 Å². The number of methoxy groups -OCH3 is 3. The van der Waals surface area contributed by atoms with E-state index in [9.17, 15) is 4.79 Å². The van der Waals surface area contributed by atoms with Gasteiger partial charge in [-0.3, -0.25) is 9.78 Å². The van der Waals surface area contributed by atoms with Gasteiger partial charge in [0.1, 0.15) is 22.9 Å². The van der Waals surface area contributed by atoms with Gasteiger partial charge < -0.3 is 19.1 Å². The molecule has 2 heterocycles. The van der Waals surface area contributed by atoms with Crippen LogP contribution in [0.4, 0.5) is 0 Å². The molecule has 1 amide bonds. The zero-order valence-electron chi connectivity index (χ0n) is 15.1. The molecule has 0 saturated heterocycles. The van der Waals surface area contributed by atoms with Crippen molar-refractivity contribution in [1.82, 2.24) is 14.9 Å². The summed E-state index contributed by atoms with van der Waals surface area (Å²) < 4.78 is 16.3. The van der Waals surface area contributed by atoms with Crippen molar-refractivity contribution in [3.63, 3.8) is 0 Å². The summed E-state index contributed by atoms with van der Waals surface area (Å²) in [5, 5.41) is 0. The smallest absolute Gasteiger partial charge is 0.274 e. The van der Waals surface area contributed by atoms with Crippen LogP contribution in [0, 0.1) is 0 Å². The number of nitrogens with zero attached hydrogens (tertiary/aromatic N) is 3. The molecule has 0 saturated carbocycles. The van der Waals surface area contributed by atoms with Gasteiger partial charge in [0.25, 0.3) is 5.91 Å². The summed E-state index contributed by atoms with van der Waals surface area (Å²) in [6.45, 7) is 1.07. The Morgan fingerprint density at radius 1 is 1.08 bits per heavy atom. The van der Waals surface area contributed by atoms with Gasteiger partial charge in [0.05, 0.1) is 33.1 Å². The van der Waals surface area contributed by atoms with Gasteiger partial charge in [-0.1, -0.05) is 6.08 Å². The number of benzene rings is 1. The number of ether oxygens (including phenoxy) is 3. The van der Waals surface area contributed by atoms with Gasteiger partial charge in [-0.05, 0) is 12.0 Å². The second-order valence-corrected chi connectivity index (χ2v) is 5.73. The van der Waals surface area contributed by atoms with Crippen molar-refractivity contribution in [3.05, 3.63) is 48.1 Å². The molecule has 0 atom stereocenters. The van der Waals surface area contributed by atoms with E-state index in [1.807, 2.05) is 18.2 Å². The van der Waals surface area contributed by atoms with Crippen LogP contribution in [0.2, 0.25) is 0 Å². The number of hydrogen-bond acceptors (Lipinski definition) is 6. The molecule has 0 radical (unpaired) electrons. The van der Waals surface area contributed by atoms with E-state index >= 15 is 0 Å².